The lowest BCUT2D eigenvalue weighted by Crippen LogP contribution is -2.07. The van der Waals surface area contributed by atoms with Gasteiger partial charge >= 0.3 is 0 Å². The molecule has 1 aromatic heterocycles. The highest BCUT2D eigenvalue weighted by molar-refractivity contribution is 9.10. The Kier molecular flexibility index (Phi) is 4.77. The molecular formula is C14H16BrFN2O2. The molecule has 0 aliphatic heterocycles. The molecular weight excluding hydrogens is 327 g/mol. The van der Waals surface area contributed by atoms with Gasteiger partial charge in [0.2, 0.25) is 0 Å². The van der Waals surface area contributed by atoms with Crippen LogP contribution in [0.5, 0.6) is 5.75 Å². The minimum atomic E-state index is -0.392. The molecule has 0 radical (unpaired) electrons. The Bertz CT molecular complexity index is 613. The molecule has 0 atom stereocenters. The summed E-state index contributed by atoms with van der Waals surface area (Å²) in [6.07, 6.45) is 0. The number of hydrogen-bond acceptors (Lipinski definition) is 3. The van der Waals surface area contributed by atoms with Crippen LogP contribution in [0.15, 0.2) is 22.7 Å². The SMILES string of the molecule is CCn1nc(C)c(Br)c1COc1ccc(F)cc1CO. The van der Waals surface area contributed by atoms with Gasteiger partial charge in [0.25, 0.3) is 0 Å². The summed E-state index contributed by atoms with van der Waals surface area (Å²) in [4.78, 5) is 0. The first-order valence-electron chi connectivity index (χ1n) is 6.30. The lowest BCUT2D eigenvalue weighted by molar-refractivity contribution is 0.253. The summed E-state index contributed by atoms with van der Waals surface area (Å²) in [6.45, 7) is 4.69. The van der Waals surface area contributed by atoms with Crippen molar-refractivity contribution in [1.82, 2.24) is 9.78 Å². The number of aryl methyl sites for hydroxylation is 2. The number of hydrogen-bond donors (Lipinski definition) is 1. The van der Waals surface area contributed by atoms with Gasteiger partial charge in [-0.05, 0) is 48.0 Å². The normalized spacial score (nSPS) is 10.8. The molecule has 1 N–H and O–H groups in total. The summed E-state index contributed by atoms with van der Waals surface area (Å²) in [5.74, 6) is 0.0827. The highest BCUT2D eigenvalue weighted by Crippen LogP contribution is 2.25. The van der Waals surface area contributed by atoms with Crippen LogP contribution < -0.4 is 4.74 Å². The van der Waals surface area contributed by atoms with E-state index < -0.39 is 5.82 Å². The summed E-state index contributed by atoms with van der Waals surface area (Å²) in [5, 5.41) is 13.6. The van der Waals surface area contributed by atoms with Crippen molar-refractivity contribution in [3.05, 3.63) is 45.4 Å². The molecule has 0 amide bonds. The number of nitrogens with zero attached hydrogens (tertiary/aromatic N) is 2. The van der Waals surface area contributed by atoms with Crippen LogP contribution in [0.2, 0.25) is 0 Å². The molecule has 2 rings (SSSR count). The van der Waals surface area contributed by atoms with Crippen LogP contribution in [0, 0.1) is 12.7 Å². The summed E-state index contributed by atoms with van der Waals surface area (Å²) in [5.41, 5.74) is 2.24. The van der Waals surface area contributed by atoms with E-state index in [2.05, 4.69) is 21.0 Å². The van der Waals surface area contributed by atoms with E-state index in [0.29, 0.717) is 17.9 Å². The molecule has 0 spiro atoms. The summed E-state index contributed by atoms with van der Waals surface area (Å²) >= 11 is 3.49. The van der Waals surface area contributed by atoms with Gasteiger partial charge in [0.05, 0.1) is 22.5 Å². The third-order valence-corrected chi connectivity index (χ3v) is 4.04. The number of aliphatic hydroxyl groups excluding tert-OH is 1. The predicted octanol–water partition coefficient (Wildman–Crippen LogP) is 3.18. The predicted molar refractivity (Wildman–Crippen MR) is 77.0 cm³/mol. The van der Waals surface area contributed by atoms with Crippen LogP contribution in [0.3, 0.4) is 0 Å². The monoisotopic (exact) mass is 342 g/mol. The molecule has 2 aromatic rings. The van der Waals surface area contributed by atoms with Crippen molar-refractivity contribution in [2.75, 3.05) is 0 Å². The van der Waals surface area contributed by atoms with Crippen molar-refractivity contribution in [2.24, 2.45) is 0 Å². The Hall–Kier alpha value is -1.40. The maximum Gasteiger partial charge on any atom is 0.131 e. The first kappa shape index (κ1) is 15.0. The van der Waals surface area contributed by atoms with Gasteiger partial charge < -0.3 is 9.84 Å². The second-order valence-electron chi connectivity index (χ2n) is 4.36. The van der Waals surface area contributed by atoms with Crippen LogP contribution in [-0.4, -0.2) is 14.9 Å². The van der Waals surface area contributed by atoms with E-state index in [-0.39, 0.29) is 6.61 Å². The topological polar surface area (TPSA) is 47.3 Å². The van der Waals surface area contributed by atoms with Crippen molar-refractivity contribution in [3.63, 3.8) is 0 Å². The number of rotatable bonds is 5. The maximum absolute atomic E-state index is 13.1. The molecule has 0 saturated carbocycles. The van der Waals surface area contributed by atoms with E-state index in [1.165, 1.54) is 18.2 Å². The zero-order valence-corrected chi connectivity index (χ0v) is 12.9. The van der Waals surface area contributed by atoms with Gasteiger partial charge in [-0.3, -0.25) is 4.68 Å². The van der Waals surface area contributed by atoms with Gasteiger partial charge in [-0.1, -0.05) is 0 Å². The standard InChI is InChI=1S/C14H16BrFN2O2/c1-3-18-12(14(15)9(2)17-18)8-20-13-5-4-11(16)6-10(13)7-19/h4-6,19H,3,7-8H2,1-2H3. The summed E-state index contributed by atoms with van der Waals surface area (Å²) in [7, 11) is 0. The fourth-order valence-electron chi connectivity index (χ4n) is 1.97. The van der Waals surface area contributed by atoms with Crippen molar-refractivity contribution >= 4 is 15.9 Å². The fourth-order valence-corrected chi connectivity index (χ4v) is 2.36. The van der Waals surface area contributed by atoms with Gasteiger partial charge in [-0.25, -0.2) is 4.39 Å². The molecule has 6 heteroatoms. The molecule has 0 fully saturated rings. The van der Waals surface area contributed by atoms with E-state index in [4.69, 9.17) is 4.74 Å². The van der Waals surface area contributed by atoms with E-state index in [1.807, 2.05) is 18.5 Å². The van der Waals surface area contributed by atoms with Crippen LogP contribution in [0.25, 0.3) is 0 Å². The van der Waals surface area contributed by atoms with Crippen LogP contribution in [0.1, 0.15) is 23.9 Å². The number of aromatic nitrogens is 2. The first-order valence-corrected chi connectivity index (χ1v) is 7.10. The number of aliphatic hydroxyl groups is 1. The Labute approximate surface area is 125 Å². The maximum atomic E-state index is 13.1. The van der Waals surface area contributed by atoms with E-state index >= 15 is 0 Å². The van der Waals surface area contributed by atoms with E-state index in [0.717, 1.165) is 22.4 Å². The van der Waals surface area contributed by atoms with Gasteiger partial charge in [0.1, 0.15) is 18.2 Å². The quantitative estimate of drug-likeness (QED) is 0.907. The molecule has 1 aromatic carbocycles. The molecule has 108 valence electrons. The van der Waals surface area contributed by atoms with E-state index in [1.54, 1.807) is 0 Å². The molecule has 0 aliphatic rings. The molecule has 0 saturated heterocycles. The fraction of sp³-hybridized carbons (Fsp3) is 0.357. The second-order valence-corrected chi connectivity index (χ2v) is 5.15. The molecule has 1 heterocycles. The molecule has 0 unspecified atom stereocenters. The van der Waals surface area contributed by atoms with Crippen molar-refractivity contribution < 1.29 is 14.2 Å². The minimum absolute atomic E-state index is 0.264. The Morgan fingerprint density at radius 3 is 2.85 bits per heavy atom. The average Bonchev–Trinajstić information content (AvgIpc) is 2.72. The average molecular weight is 343 g/mol. The summed E-state index contributed by atoms with van der Waals surface area (Å²) < 4.78 is 21.5. The lowest BCUT2D eigenvalue weighted by Gasteiger charge is -2.11. The van der Waals surface area contributed by atoms with Gasteiger partial charge in [-0.2, -0.15) is 5.10 Å². The van der Waals surface area contributed by atoms with Gasteiger partial charge in [0, 0.05) is 12.1 Å². The largest absolute Gasteiger partial charge is 0.487 e. The second kappa shape index (κ2) is 6.37. The van der Waals surface area contributed by atoms with Crippen molar-refractivity contribution in [2.45, 2.75) is 33.6 Å². The van der Waals surface area contributed by atoms with Crippen LogP contribution in [-0.2, 0) is 19.8 Å². The third kappa shape index (κ3) is 3.02. The molecule has 0 aliphatic carbocycles. The smallest absolute Gasteiger partial charge is 0.131 e. The Balaban J connectivity index is 2.21. The molecule has 4 nitrogen and oxygen atoms in total. The number of benzene rings is 1. The minimum Gasteiger partial charge on any atom is -0.487 e. The third-order valence-electron chi connectivity index (χ3n) is 3.01. The van der Waals surface area contributed by atoms with Gasteiger partial charge in [-0.15, -0.1) is 0 Å². The summed E-state index contributed by atoms with van der Waals surface area (Å²) in [6, 6.07) is 4.10. The highest BCUT2D eigenvalue weighted by atomic mass is 79.9. The lowest BCUT2D eigenvalue weighted by atomic mass is 10.2. The Morgan fingerprint density at radius 2 is 2.20 bits per heavy atom. The molecule has 0 bridgehead atoms. The van der Waals surface area contributed by atoms with Crippen molar-refractivity contribution in [3.8, 4) is 5.75 Å². The zero-order valence-electron chi connectivity index (χ0n) is 11.4. The molecule has 20 heavy (non-hydrogen) atoms. The number of ether oxygens (including phenoxy) is 1. The van der Waals surface area contributed by atoms with Crippen LogP contribution >= 0.6 is 15.9 Å². The van der Waals surface area contributed by atoms with Crippen molar-refractivity contribution in [1.29, 1.82) is 0 Å². The Morgan fingerprint density at radius 1 is 1.45 bits per heavy atom. The highest BCUT2D eigenvalue weighted by Gasteiger charge is 2.13. The van der Waals surface area contributed by atoms with Crippen LogP contribution in [0.4, 0.5) is 4.39 Å². The number of halogens is 2. The van der Waals surface area contributed by atoms with Gasteiger partial charge in [0.15, 0.2) is 0 Å². The first-order chi connectivity index (χ1) is 9.56. The van der Waals surface area contributed by atoms with E-state index in [9.17, 15) is 9.50 Å². The zero-order chi connectivity index (χ0) is 14.7.